The minimum absolute atomic E-state index is 0.487. The van der Waals surface area contributed by atoms with Gasteiger partial charge in [-0.05, 0) is 58.1 Å². The van der Waals surface area contributed by atoms with Gasteiger partial charge in [-0.2, -0.15) is 5.10 Å². The highest BCUT2D eigenvalue weighted by Gasteiger charge is 2.30. The van der Waals surface area contributed by atoms with Crippen molar-refractivity contribution in [3.8, 4) is 0 Å². The van der Waals surface area contributed by atoms with E-state index in [1.165, 1.54) is 5.56 Å². The van der Waals surface area contributed by atoms with Crippen LogP contribution in [0.1, 0.15) is 45.1 Å². The lowest BCUT2D eigenvalue weighted by atomic mass is 9.89. The van der Waals surface area contributed by atoms with E-state index in [4.69, 9.17) is 0 Å². The largest absolute Gasteiger partial charge is 0.390 e. The third kappa shape index (κ3) is 4.05. The molecule has 1 saturated heterocycles. The van der Waals surface area contributed by atoms with Gasteiger partial charge in [-0.25, -0.2) is 0 Å². The SMILES string of the molecule is CC(C)N1CCCC(O)(CCc2cnn(C)c2)CC1. The van der Waals surface area contributed by atoms with Crippen LogP contribution >= 0.6 is 0 Å². The molecule has 0 spiro atoms. The molecular formula is C15H27N3O. The van der Waals surface area contributed by atoms with Crippen molar-refractivity contribution >= 4 is 0 Å². The molecule has 0 amide bonds. The Morgan fingerprint density at radius 2 is 2.16 bits per heavy atom. The summed E-state index contributed by atoms with van der Waals surface area (Å²) in [7, 11) is 1.93. The van der Waals surface area contributed by atoms with E-state index >= 15 is 0 Å². The van der Waals surface area contributed by atoms with E-state index in [-0.39, 0.29) is 0 Å². The predicted octanol–water partition coefficient (Wildman–Crippen LogP) is 1.98. The molecule has 1 aliphatic heterocycles. The molecular weight excluding hydrogens is 238 g/mol. The van der Waals surface area contributed by atoms with Crippen LogP contribution in [0, 0.1) is 0 Å². The number of hydrogen-bond acceptors (Lipinski definition) is 3. The summed E-state index contributed by atoms with van der Waals surface area (Å²) in [5, 5.41) is 14.9. The molecule has 0 bridgehead atoms. The summed E-state index contributed by atoms with van der Waals surface area (Å²) < 4.78 is 1.83. The normalized spacial score (nSPS) is 25.7. The number of aromatic nitrogens is 2. The minimum atomic E-state index is -0.487. The van der Waals surface area contributed by atoms with Gasteiger partial charge in [0.1, 0.15) is 0 Å². The fraction of sp³-hybridized carbons (Fsp3) is 0.800. The molecule has 0 aromatic carbocycles. The fourth-order valence-corrected chi connectivity index (χ4v) is 2.94. The summed E-state index contributed by atoms with van der Waals surface area (Å²) in [5.74, 6) is 0. The molecule has 19 heavy (non-hydrogen) atoms. The van der Waals surface area contributed by atoms with Crippen molar-refractivity contribution in [2.45, 2.75) is 57.6 Å². The van der Waals surface area contributed by atoms with Gasteiger partial charge >= 0.3 is 0 Å². The second kappa shape index (κ2) is 6.06. The molecule has 2 rings (SSSR count). The van der Waals surface area contributed by atoms with Gasteiger partial charge in [0.25, 0.3) is 0 Å². The Labute approximate surface area is 116 Å². The average molecular weight is 265 g/mol. The van der Waals surface area contributed by atoms with E-state index in [9.17, 15) is 5.11 Å². The molecule has 1 unspecified atom stereocenters. The number of likely N-dealkylation sites (tertiary alicyclic amines) is 1. The first-order valence-electron chi connectivity index (χ1n) is 7.42. The van der Waals surface area contributed by atoms with E-state index in [0.29, 0.717) is 6.04 Å². The number of aliphatic hydroxyl groups is 1. The van der Waals surface area contributed by atoms with Crippen LogP contribution in [0.3, 0.4) is 0 Å². The van der Waals surface area contributed by atoms with Gasteiger partial charge in [0, 0.05) is 25.8 Å². The summed E-state index contributed by atoms with van der Waals surface area (Å²) >= 11 is 0. The van der Waals surface area contributed by atoms with Crippen molar-refractivity contribution in [3.05, 3.63) is 18.0 Å². The van der Waals surface area contributed by atoms with Crippen molar-refractivity contribution in [2.75, 3.05) is 13.1 Å². The molecule has 0 saturated carbocycles. The molecule has 1 N–H and O–H groups in total. The Kier molecular flexibility index (Phi) is 4.63. The van der Waals surface area contributed by atoms with Crippen LogP contribution in [-0.4, -0.2) is 44.5 Å². The third-order valence-electron chi connectivity index (χ3n) is 4.32. The summed E-state index contributed by atoms with van der Waals surface area (Å²) in [6.45, 7) is 6.61. The maximum atomic E-state index is 10.8. The van der Waals surface area contributed by atoms with Gasteiger partial charge in [0.05, 0.1) is 11.8 Å². The third-order valence-corrected chi connectivity index (χ3v) is 4.32. The monoisotopic (exact) mass is 265 g/mol. The van der Waals surface area contributed by atoms with Crippen molar-refractivity contribution in [3.63, 3.8) is 0 Å². The van der Waals surface area contributed by atoms with E-state index in [1.807, 2.05) is 24.1 Å². The zero-order valence-corrected chi connectivity index (χ0v) is 12.5. The van der Waals surface area contributed by atoms with Crippen LogP contribution in [0.2, 0.25) is 0 Å². The van der Waals surface area contributed by atoms with Crippen molar-refractivity contribution < 1.29 is 5.11 Å². The lowest BCUT2D eigenvalue weighted by Gasteiger charge is -2.28. The number of aryl methyl sites for hydroxylation is 2. The van der Waals surface area contributed by atoms with Crippen molar-refractivity contribution in [2.24, 2.45) is 7.05 Å². The number of rotatable bonds is 4. The Balaban J connectivity index is 1.88. The highest BCUT2D eigenvalue weighted by molar-refractivity contribution is 5.05. The van der Waals surface area contributed by atoms with Gasteiger partial charge in [-0.15, -0.1) is 0 Å². The molecule has 1 aromatic rings. The van der Waals surface area contributed by atoms with E-state index in [2.05, 4.69) is 23.8 Å². The van der Waals surface area contributed by atoms with Crippen LogP contribution in [0.4, 0.5) is 0 Å². The topological polar surface area (TPSA) is 41.3 Å². The average Bonchev–Trinajstić information content (AvgIpc) is 2.66. The van der Waals surface area contributed by atoms with Gasteiger partial charge < -0.3 is 10.0 Å². The molecule has 0 radical (unpaired) electrons. The maximum absolute atomic E-state index is 10.8. The van der Waals surface area contributed by atoms with Crippen LogP contribution in [-0.2, 0) is 13.5 Å². The Morgan fingerprint density at radius 3 is 2.79 bits per heavy atom. The van der Waals surface area contributed by atoms with E-state index in [1.54, 1.807) is 0 Å². The van der Waals surface area contributed by atoms with Crippen LogP contribution in [0.25, 0.3) is 0 Å². The second-order valence-corrected chi connectivity index (χ2v) is 6.23. The Hall–Kier alpha value is -0.870. The van der Waals surface area contributed by atoms with E-state index < -0.39 is 5.60 Å². The first-order valence-corrected chi connectivity index (χ1v) is 7.42. The molecule has 1 fully saturated rings. The molecule has 0 aliphatic carbocycles. The predicted molar refractivity (Wildman–Crippen MR) is 77.0 cm³/mol. The number of hydrogen-bond donors (Lipinski definition) is 1. The van der Waals surface area contributed by atoms with Crippen LogP contribution in [0.15, 0.2) is 12.4 Å². The second-order valence-electron chi connectivity index (χ2n) is 6.23. The summed E-state index contributed by atoms with van der Waals surface area (Å²) in [6, 6.07) is 0.584. The first-order chi connectivity index (χ1) is 8.98. The van der Waals surface area contributed by atoms with Crippen LogP contribution < -0.4 is 0 Å². The standard InChI is InChI=1S/C15H27N3O/c1-13(2)18-9-4-6-15(19,8-10-18)7-5-14-11-16-17(3)12-14/h11-13,19H,4-10H2,1-3H3. The summed E-state index contributed by atoms with van der Waals surface area (Å²) in [5.41, 5.74) is 0.736. The number of nitrogens with zero attached hydrogens (tertiary/aromatic N) is 3. The molecule has 2 heterocycles. The van der Waals surface area contributed by atoms with E-state index in [0.717, 1.165) is 45.2 Å². The molecule has 1 aliphatic rings. The Morgan fingerprint density at radius 1 is 1.37 bits per heavy atom. The molecule has 108 valence electrons. The van der Waals surface area contributed by atoms with Gasteiger partial charge in [-0.3, -0.25) is 4.68 Å². The molecule has 1 atom stereocenters. The quantitative estimate of drug-likeness (QED) is 0.905. The van der Waals surface area contributed by atoms with Gasteiger partial charge in [-0.1, -0.05) is 0 Å². The summed E-state index contributed by atoms with van der Waals surface area (Å²) in [4.78, 5) is 2.47. The van der Waals surface area contributed by atoms with Crippen molar-refractivity contribution in [1.82, 2.24) is 14.7 Å². The summed E-state index contributed by atoms with van der Waals surface area (Å²) in [6.07, 6.45) is 8.64. The van der Waals surface area contributed by atoms with Gasteiger partial charge in [0.15, 0.2) is 0 Å². The lowest BCUT2D eigenvalue weighted by molar-refractivity contribution is 0.0165. The molecule has 1 aromatic heterocycles. The maximum Gasteiger partial charge on any atom is 0.0663 e. The minimum Gasteiger partial charge on any atom is -0.390 e. The highest BCUT2D eigenvalue weighted by atomic mass is 16.3. The highest BCUT2D eigenvalue weighted by Crippen LogP contribution is 2.27. The smallest absolute Gasteiger partial charge is 0.0663 e. The zero-order valence-electron chi connectivity index (χ0n) is 12.5. The lowest BCUT2D eigenvalue weighted by Crippen LogP contribution is -2.34. The fourth-order valence-electron chi connectivity index (χ4n) is 2.94. The van der Waals surface area contributed by atoms with Gasteiger partial charge in [0.2, 0.25) is 0 Å². The molecule has 4 heteroatoms. The van der Waals surface area contributed by atoms with Crippen LogP contribution in [0.5, 0.6) is 0 Å². The first kappa shape index (κ1) is 14.5. The Bertz CT molecular complexity index is 402. The van der Waals surface area contributed by atoms with Crippen molar-refractivity contribution in [1.29, 1.82) is 0 Å². The zero-order chi connectivity index (χ0) is 13.9. The molecule has 4 nitrogen and oxygen atoms in total.